The van der Waals surface area contributed by atoms with Gasteiger partial charge in [0.05, 0.1) is 0 Å². The van der Waals surface area contributed by atoms with Crippen LogP contribution >= 0.6 is 0 Å². The molecule has 2 heterocycles. The first-order valence-electron chi connectivity index (χ1n) is 8.53. The van der Waals surface area contributed by atoms with Crippen molar-refractivity contribution < 1.29 is 9.53 Å². The zero-order valence-corrected chi connectivity index (χ0v) is 14.3. The highest BCUT2D eigenvalue weighted by molar-refractivity contribution is 5.68. The number of carbonyl (C=O) groups is 1. The molecule has 0 N–H and O–H groups in total. The van der Waals surface area contributed by atoms with Crippen LogP contribution in [-0.4, -0.2) is 53.2 Å². The average Bonchev–Trinajstić information content (AvgIpc) is 2.61. The van der Waals surface area contributed by atoms with Gasteiger partial charge in [0.2, 0.25) is 0 Å². The van der Waals surface area contributed by atoms with Crippen LogP contribution in [0.3, 0.4) is 0 Å². The smallest absolute Gasteiger partial charge is 0.410 e. The van der Waals surface area contributed by atoms with E-state index in [2.05, 4.69) is 11.8 Å². The molecule has 0 aliphatic carbocycles. The van der Waals surface area contributed by atoms with Gasteiger partial charge in [-0.1, -0.05) is 6.42 Å². The van der Waals surface area contributed by atoms with Gasteiger partial charge in [-0.2, -0.15) is 0 Å². The van der Waals surface area contributed by atoms with Crippen molar-refractivity contribution in [2.24, 2.45) is 0 Å². The normalized spacial score (nSPS) is 29.0. The molecule has 0 aromatic heterocycles. The Balaban J connectivity index is 1.93. The molecule has 1 atom stereocenters. The molecule has 4 heteroatoms. The lowest BCUT2D eigenvalue weighted by molar-refractivity contribution is 0.0235. The molecule has 1 unspecified atom stereocenters. The largest absolute Gasteiger partial charge is 0.444 e. The van der Waals surface area contributed by atoms with Gasteiger partial charge in [0.15, 0.2) is 0 Å². The lowest BCUT2D eigenvalue weighted by Gasteiger charge is -2.43. The summed E-state index contributed by atoms with van der Waals surface area (Å²) < 4.78 is 5.52. The van der Waals surface area contributed by atoms with Gasteiger partial charge >= 0.3 is 6.09 Å². The quantitative estimate of drug-likeness (QED) is 0.740. The number of hydrogen-bond donors (Lipinski definition) is 0. The van der Waals surface area contributed by atoms with E-state index < -0.39 is 5.60 Å². The van der Waals surface area contributed by atoms with Gasteiger partial charge in [-0.15, -0.1) is 0 Å². The highest BCUT2D eigenvalue weighted by Crippen LogP contribution is 2.31. The molecule has 0 bridgehead atoms. The fraction of sp³-hybridized carbons (Fsp3) is 0.941. The Morgan fingerprint density at radius 2 is 1.62 bits per heavy atom. The summed E-state index contributed by atoms with van der Waals surface area (Å²) in [4.78, 5) is 16.8. The highest BCUT2D eigenvalue weighted by atomic mass is 16.6. The van der Waals surface area contributed by atoms with E-state index in [1.807, 2.05) is 25.7 Å². The van der Waals surface area contributed by atoms with Gasteiger partial charge in [-0.3, -0.25) is 4.90 Å². The van der Waals surface area contributed by atoms with Gasteiger partial charge < -0.3 is 9.64 Å². The Morgan fingerprint density at radius 3 is 2.24 bits per heavy atom. The number of hydrogen-bond acceptors (Lipinski definition) is 3. The molecular weight excluding hydrogens is 264 g/mol. The zero-order chi connectivity index (χ0) is 15.5. The Hall–Kier alpha value is -0.770. The third kappa shape index (κ3) is 4.60. The molecule has 0 spiro atoms. The Bertz CT molecular complexity index is 358. The molecule has 2 aliphatic rings. The van der Waals surface area contributed by atoms with Gasteiger partial charge in [-0.05, 0) is 72.9 Å². The van der Waals surface area contributed by atoms with Crippen LogP contribution in [0.1, 0.15) is 66.2 Å². The van der Waals surface area contributed by atoms with Crippen molar-refractivity contribution in [2.75, 3.05) is 26.2 Å². The van der Waals surface area contributed by atoms with E-state index >= 15 is 0 Å². The molecule has 4 nitrogen and oxygen atoms in total. The van der Waals surface area contributed by atoms with E-state index in [0.717, 1.165) is 25.9 Å². The minimum absolute atomic E-state index is 0.148. The predicted octanol–water partition coefficient (Wildman–Crippen LogP) is 3.65. The van der Waals surface area contributed by atoms with Gasteiger partial charge in [0, 0.05) is 18.6 Å². The molecule has 2 fully saturated rings. The van der Waals surface area contributed by atoms with Crippen molar-refractivity contribution in [2.45, 2.75) is 77.4 Å². The summed E-state index contributed by atoms with van der Waals surface area (Å²) in [5, 5.41) is 0. The number of piperidine rings is 1. The van der Waals surface area contributed by atoms with Crippen molar-refractivity contribution in [3.05, 3.63) is 0 Å². The van der Waals surface area contributed by atoms with Crippen LogP contribution in [0.5, 0.6) is 0 Å². The van der Waals surface area contributed by atoms with E-state index in [9.17, 15) is 4.79 Å². The molecule has 0 saturated carbocycles. The minimum atomic E-state index is -0.403. The van der Waals surface area contributed by atoms with Crippen LogP contribution in [0.4, 0.5) is 4.79 Å². The Kier molecular flexibility index (Phi) is 5.18. The third-order valence-corrected chi connectivity index (χ3v) is 4.83. The summed E-state index contributed by atoms with van der Waals surface area (Å²) in [5.74, 6) is 0. The lowest BCUT2D eigenvalue weighted by Crippen LogP contribution is -2.49. The second-order valence-electron chi connectivity index (χ2n) is 7.87. The second kappa shape index (κ2) is 6.55. The number of amides is 1. The molecule has 1 amide bonds. The Labute approximate surface area is 129 Å². The fourth-order valence-electron chi connectivity index (χ4n) is 3.52. The molecule has 0 aromatic carbocycles. The number of rotatable bonds is 1. The minimum Gasteiger partial charge on any atom is -0.444 e. The standard InChI is InChI=1S/C17H32N2O2/c1-16(2,3)21-15(20)18-11-8-9-17(4,10-14-18)19-12-6-5-7-13-19/h5-14H2,1-4H3. The van der Waals surface area contributed by atoms with Crippen LogP contribution in [0.15, 0.2) is 0 Å². The van der Waals surface area contributed by atoms with E-state index in [-0.39, 0.29) is 11.6 Å². The monoisotopic (exact) mass is 296 g/mol. The van der Waals surface area contributed by atoms with Gasteiger partial charge in [0.1, 0.15) is 5.60 Å². The maximum Gasteiger partial charge on any atom is 0.410 e. The summed E-state index contributed by atoms with van der Waals surface area (Å²) in [6, 6.07) is 0. The highest BCUT2D eigenvalue weighted by Gasteiger charge is 2.36. The van der Waals surface area contributed by atoms with Crippen LogP contribution in [0, 0.1) is 0 Å². The fourth-order valence-corrected chi connectivity index (χ4v) is 3.52. The topological polar surface area (TPSA) is 32.8 Å². The predicted molar refractivity (Wildman–Crippen MR) is 85.5 cm³/mol. The lowest BCUT2D eigenvalue weighted by atomic mass is 9.89. The van der Waals surface area contributed by atoms with E-state index in [4.69, 9.17) is 4.74 Å². The molecular formula is C17H32N2O2. The van der Waals surface area contributed by atoms with Crippen molar-refractivity contribution in [3.8, 4) is 0 Å². The van der Waals surface area contributed by atoms with Crippen molar-refractivity contribution in [1.82, 2.24) is 9.80 Å². The summed E-state index contributed by atoms with van der Waals surface area (Å²) in [7, 11) is 0. The van der Waals surface area contributed by atoms with Crippen molar-refractivity contribution in [3.63, 3.8) is 0 Å². The maximum atomic E-state index is 12.2. The second-order valence-corrected chi connectivity index (χ2v) is 7.87. The molecule has 0 aromatic rings. The number of carbonyl (C=O) groups excluding carboxylic acids is 1. The number of likely N-dealkylation sites (tertiary alicyclic amines) is 2. The third-order valence-electron chi connectivity index (χ3n) is 4.83. The first-order chi connectivity index (χ1) is 9.80. The van der Waals surface area contributed by atoms with Crippen molar-refractivity contribution >= 4 is 6.09 Å². The molecule has 21 heavy (non-hydrogen) atoms. The maximum absolute atomic E-state index is 12.2. The van der Waals surface area contributed by atoms with E-state index in [0.29, 0.717) is 0 Å². The Morgan fingerprint density at radius 1 is 0.952 bits per heavy atom. The summed E-state index contributed by atoms with van der Waals surface area (Å²) in [6.07, 6.45) is 7.20. The van der Waals surface area contributed by atoms with Crippen LogP contribution < -0.4 is 0 Å². The van der Waals surface area contributed by atoms with Crippen LogP contribution in [0.2, 0.25) is 0 Å². The molecule has 2 rings (SSSR count). The number of nitrogens with zero attached hydrogens (tertiary/aromatic N) is 2. The SMILES string of the molecule is CC(C)(C)OC(=O)N1CCCC(C)(N2CCCCC2)CC1. The summed E-state index contributed by atoms with van der Waals surface area (Å²) in [5.41, 5.74) is -0.142. The van der Waals surface area contributed by atoms with E-state index in [1.165, 1.54) is 38.8 Å². The van der Waals surface area contributed by atoms with Crippen LogP contribution in [-0.2, 0) is 4.74 Å². The van der Waals surface area contributed by atoms with Gasteiger partial charge in [-0.25, -0.2) is 4.79 Å². The first-order valence-corrected chi connectivity index (χ1v) is 8.53. The summed E-state index contributed by atoms with van der Waals surface area (Å²) in [6.45, 7) is 12.3. The van der Waals surface area contributed by atoms with Crippen LogP contribution in [0.25, 0.3) is 0 Å². The zero-order valence-electron chi connectivity index (χ0n) is 14.3. The average molecular weight is 296 g/mol. The number of ether oxygens (including phenoxy) is 1. The van der Waals surface area contributed by atoms with E-state index in [1.54, 1.807) is 0 Å². The summed E-state index contributed by atoms with van der Waals surface area (Å²) >= 11 is 0. The first kappa shape index (κ1) is 16.6. The molecule has 2 aliphatic heterocycles. The van der Waals surface area contributed by atoms with Gasteiger partial charge in [0.25, 0.3) is 0 Å². The van der Waals surface area contributed by atoms with Crippen molar-refractivity contribution in [1.29, 1.82) is 0 Å². The molecule has 0 radical (unpaired) electrons. The molecule has 122 valence electrons. The molecule has 2 saturated heterocycles.